The molecule has 0 radical (unpaired) electrons. The van der Waals surface area contributed by atoms with E-state index in [4.69, 9.17) is 4.98 Å². The van der Waals surface area contributed by atoms with Crippen LogP contribution in [-0.2, 0) is 7.05 Å². The molecule has 1 aliphatic carbocycles. The Labute approximate surface area is 119 Å². The maximum absolute atomic E-state index is 4.78. The van der Waals surface area contributed by atoms with Gasteiger partial charge in [-0.2, -0.15) is 5.10 Å². The Bertz CT molecular complexity index is 584. The van der Waals surface area contributed by atoms with Crippen molar-refractivity contribution in [1.29, 1.82) is 0 Å². The summed E-state index contributed by atoms with van der Waals surface area (Å²) in [6.45, 7) is 0. The summed E-state index contributed by atoms with van der Waals surface area (Å²) in [6, 6.07) is 1.99. The quantitative estimate of drug-likeness (QED) is 0.932. The highest BCUT2D eigenvalue weighted by molar-refractivity contribution is 5.61. The Balaban J connectivity index is 1.97. The Morgan fingerprint density at radius 3 is 2.65 bits per heavy atom. The van der Waals surface area contributed by atoms with Gasteiger partial charge in [-0.3, -0.25) is 4.68 Å². The van der Waals surface area contributed by atoms with E-state index < -0.39 is 0 Å². The topological polar surface area (TPSA) is 55.6 Å². The van der Waals surface area contributed by atoms with Gasteiger partial charge in [-0.1, -0.05) is 19.3 Å². The van der Waals surface area contributed by atoms with Gasteiger partial charge in [0, 0.05) is 37.8 Å². The van der Waals surface area contributed by atoms with Gasteiger partial charge in [-0.05, 0) is 12.8 Å². The lowest BCUT2D eigenvalue weighted by atomic mass is 9.88. The van der Waals surface area contributed by atoms with E-state index >= 15 is 0 Å². The molecule has 0 saturated heterocycles. The molecule has 1 aliphatic rings. The third-order valence-electron chi connectivity index (χ3n) is 3.97. The minimum absolute atomic E-state index is 0.507. The van der Waals surface area contributed by atoms with Crippen molar-refractivity contribution >= 4 is 5.82 Å². The SMILES string of the molecule is CNc1cc(-c2cnn(C)c2)nc(C2CCCCC2)n1. The first kappa shape index (κ1) is 13.1. The van der Waals surface area contributed by atoms with Crippen molar-refractivity contribution < 1.29 is 0 Å². The lowest BCUT2D eigenvalue weighted by Crippen LogP contribution is -2.10. The number of hydrogen-bond donors (Lipinski definition) is 1. The van der Waals surface area contributed by atoms with Crippen LogP contribution in [0, 0.1) is 0 Å². The molecule has 2 heterocycles. The highest BCUT2D eigenvalue weighted by atomic mass is 15.2. The molecule has 0 spiro atoms. The molecule has 0 amide bonds. The molecule has 3 rings (SSSR count). The first-order chi connectivity index (χ1) is 9.76. The predicted octanol–water partition coefficient (Wildman–Crippen LogP) is 2.97. The number of nitrogens with one attached hydrogen (secondary N) is 1. The maximum atomic E-state index is 4.78. The number of hydrogen-bond acceptors (Lipinski definition) is 4. The zero-order chi connectivity index (χ0) is 13.9. The zero-order valence-corrected chi connectivity index (χ0v) is 12.1. The van der Waals surface area contributed by atoms with Gasteiger partial charge in [0.1, 0.15) is 11.6 Å². The first-order valence-corrected chi connectivity index (χ1v) is 7.32. The van der Waals surface area contributed by atoms with Crippen molar-refractivity contribution in [3.63, 3.8) is 0 Å². The molecule has 0 aliphatic heterocycles. The van der Waals surface area contributed by atoms with Crippen molar-refractivity contribution in [2.24, 2.45) is 7.05 Å². The summed E-state index contributed by atoms with van der Waals surface area (Å²) in [7, 11) is 3.83. The van der Waals surface area contributed by atoms with Crippen LogP contribution >= 0.6 is 0 Å². The van der Waals surface area contributed by atoms with Gasteiger partial charge >= 0.3 is 0 Å². The Morgan fingerprint density at radius 1 is 1.20 bits per heavy atom. The highest BCUT2D eigenvalue weighted by Gasteiger charge is 2.19. The molecule has 1 saturated carbocycles. The van der Waals surface area contributed by atoms with Gasteiger partial charge in [0.05, 0.1) is 11.9 Å². The van der Waals surface area contributed by atoms with E-state index in [0.717, 1.165) is 22.9 Å². The number of rotatable bonds is 3. The Morgan fingerprint density at radius 2 is 2.00 bits per heavy atom. The summed E-state index contributed by atoms with van der Waals surface area (Å²) in [4.78, 5) is 9.44. The third kappa shape index (κ3) is 2.66. The lowest BCUT2D eigenvalue weighted by molar-refractivity contribution is 0.429. The fraction of sp³-hybridized carbons (Fsp3) is 0.533. The average molecular weight is 271 g/mol. The minimum Gasteiger partial charge on any atom is -0.373 e. The smallest absolute Gasteiger partial charge is 0.134 e. The highest BCUT2D eigenvalue weighted by Crippen LogP contribution is 2.32. The molecule has 5 nitrogen and oxygen atoms in total. The number of aromatic nitrogens is 4. The monoisotopic (exact) mass is 271 g/mol. The van der Waals surface area contributed by atoms with Gasteiger partial charge in [0.15, 0.2) is 0 Å². The van der Waals surface area contributed by atoms with Gasteiger partial charge < -0.3 is 5.32 Å². The molecule has 2 aromatic rings. The van der Waals surface area contributed by atoms with Crippen LogP contribution in [-0.4, -0.2) is 26.8 Å². The van der Waals surface area contributed by atoms with Crippen LogP contribution in [0.15, 0.2) is 18.5 Å². The molecular weight excluding hydrogens is 250 g/mol. The van der Waals surface area contributed by atoms with Gasteiger partial charge in [0.25, 0.3) is 0 Å². The van der Waals surface area contributed by atoms with E-state index in [0.29, 0.717) is 5.92 Å². The van der Waals surface area contributed by atoms with Gasteiger partial charge in [0.2, 0.25) is 0 Å². The van der Waals surface area contributed by atoms with E-state index in [1.54, 1.807) is 4.68 Å². The second-order valence-corrected chi connectivity index (χ2v) is 5.48. The largest absolute Gasteiger partial charge is 0.373 e. The van der Waals surface area contributed by atoms with Crippen molar-refractivity contribution in [2.45, 2.75) is 38.0 Å². The lowest BCUT2D eigenvalue weighted by Gasteiger charge is -2.21. The van der Waals surface area contributed by atoms with Crippen LogP contribution in [0.5, 0.6) is 0 Å². The Kier molecular flexibility index (Phi) is 3.67. The summed E-state index contributed by atoms with van der Waals surface area (Å²) in [5.74, 6) is 2.38. The molecule has 0 unspecified atom stereocenters. The molecule has 2 aromatic heterocycles. The fourth-order valence-corrected chi connectivity index (χ4v) is 2.84. The van der Waals surface area contributed by atoms with Gasteiger partial charge in [-0.15, -0.1) is 0 Å². The van der Waals surface area contributed by atoms with E-state index in [1.807, 2.05) is 32.6 Å². The van der Waals surface area contributed by atoms with Crippen LogP contribution in [0.25, 0.3) is 11.3 Å². The normalized spacial score (nSPS) is 16.3. The van der Waals surface area contributed by atoms with Crippen LogP contribution in [0.2, 0.25) is 0 Å². The molecule has 1 N–H and O–H groups in total. The second kappa shape index (κ2) is 5.61. The van der Waals surface area contributed by atoms with Crippen LogP contribution < -0.4 is 5.32 Å². The molecule has 106 valence electrons. The van der Waals surface area contributed by atoms with Crippen molar-refractivity contribution in [1.82, 2.24) is 19.7 Å². The summed E-state index contributed by atoms with van der Waals surface area (Å²) in [5.41, 5.74) is 2.00. The first-order valence-electron chi connectivity index (χ1n) is 7.32. The molecule has 20 heavy (non-hydrogen) atoms. The number of anilines is 1. The van der Waals surface area contributed by atoms with Gasteiger partial charge in [-0.25, -0.2) is 9.97 Å². The Hall–Kier alpha value is -1.91. The number of nitrogens with zero attached hydrogens (tertiary/aromatic N) is 4. The minimum atomic E-state index is 0.507. The van der Waals surface area contributed by atoms with E-state index in [2.05, 4.69) is 15.4 Å². The second-order valence-electron chi connectivity index (χ2n) is 5.48. The zero-order valence-electron chi connectivity index (χ0n) is 12.1. The molecule has 0 aromatic carbocycles. The van der Waals surface area contributed by atoms with Crippen LogP contribution in [0.4, 0.5) is 5.82 Å². The maximum Gasteiger partial charge on any atom is 0.134 e. The van der Waals surface area contributed by atoms with Crippen molar-refractivity contribution in [2.75, 3.05) is 12.4 Å². The molecule has 1 fully saturated rings. The predicted molar refractivity (Wildman–Crippen MR) is 79.6 cm³/mol. The van der Waals surface area contributed by atoms with E-state index in [-0.39, 0.29) is 0 Å². The molecule has 5 heteroatoms. The third-order valence-corrected chi connectivity index (χ3v) is 3.97. The molecule has 0 atom stereocenters. The summed E-state index contributed by atoms with van der Waals surface area (Å²) in [6.07, 6.45) is 10.2. The molecule has 0 bridgehead atoms. The summed E-state index contributed by atoms with van der Waals surface area (Å²) in [5, 5.41) is 7.37. The summed E-state index contributed by atoms with van der Waals surface area (Å²) < 4.78 is 1.80. The number of aryl methyl sites for hydroxylation is 1. The molecular formula is C15H21N5. The standard InChI is InChI=1S/C15H21N5/c1-16-14-8-13(12-9-17-20(2)10-12)18-15(19-14)11-6-4-3-5-7-11/h8-11H,3-7H2,1-2H3,(H,16,18,19). The van der Waals surface area contributed by atoms with Crippen molar-refractivity contribution in [3.05, 3.63) is 24.3 Å². The van der Waals surface area contributed by atoms with Crippen molar-refractivity contribution in [3.8, 4) is 11.3 Å². The van der Waals surface area contributed by atoms with Crippen LogP contribution in [0.1, 0.15) is 43.8 Å². The fourth-order valence-electron chi connectivity index (χ4n) is 2.84. The van der Waals surface area contributed by atoms with E-state index in [1.165, 1.54) is 32.1 Å². The summed E-state index contributed by atoms with van der Waals surface area (Å²) >= 11 is 0. The average Bonchev–Trinajstić information content (AvgIpc) is 2.94. The van der Waals surface area contributed by atoms with Crippen LogP contribution in [0.3, 0.4) is 0 Å². The van der Waals surface area contributed by atoms with E-state index in [9.17, 15) is 0 Å².